The summed E-state index contributed by atoms with van der Waals surface area (Å²) in [5.41, 5.74) is 5.30. The molecule has 4 aromatic rings. The molecule has 3 aromatic carbocycles. The van der Waals surface area contributed by atoms with E-state index in [2.05, 4.69) is 61.4 Å². The molecule has 0 spiro atoms. The molecule has 6 rings (SSSR count). The van der Waals surface area contributed by atoms with E-state index < -0.39 is 0 Å². The third-order valence-electron chi connectivity index (χ3n) is 9.71. The summed E-state index contributed by atoms with van der Waals surface area (Å²) in [4.78, 5) is 33.3. The number of phenols is 2. The highest BCUT2D eigenvalue weighted by Crippen LogP contribution is 2.38. The maximum absolute atomic E-state index is 13.4. The first-order valence-electron chi connectivity index (χ1n) is 17.3. The minimum absolute atomic E-state index is 0.000689. The summed E-state index contributed by atoms with van der Waals surface area (Å²) >= 11 is 0. The lowest BCUT2D eigenvalue weighted by molar-refractivity contribution is -0.137. The highest BCUT2D eigenvalue weighted by Gasteiger charge is 2.31. The van der Waals surface area contributed by atoms with Gasteiger partial charge in [0.2, 0.25) is 11.7 Å². The molecule has 0 atom stereocenters. The molecule has 0 radical (unpaired) electrons. The molecular weight excluding hydrogens is 618 g/mol. The Balaban J connectivity index is 1.10. The van der Waals surface area contributed by atoms with Crippen LogP contribution in [0.2, 0.25) is 0 Å². The molecule has 1 aromatic heterocycles. The van der Waals surface area contributed by atoms with Crippen LogP contribution in [0, 0.1) is 12.8 Å². The molecule has 11 heteroatoms. The Hall–Kier alpha value is -4.90. The van der Waals surface area contributed by atoms with E-state index in [1.165, 1.54) is 17.3 Å². The van der Waals surface area contributed by atoms with E-state index >= 15 is 0 Å². The number of likely N-dealkylation sites (tertiary alicyclic amines) is 1. The number of nitrogens with zero attached hydrogens (tertiary/aromatic N) is 6. The average molecular weight is 666 g/mol. The predicted octanol–water partition coefficient (Wildman–Crippen LogP) is 5.09. The molecule has 0 saturated carbocycles. The standard InChI is InChI=1S/C38H47N7O4/c1-5-39-37(48)36-41-40-35(32-22-31(25(2)3)33(46)23-34(32)47)45(36)29-11-9-27(10-12-29)24-42-15-13-28(14-16-42)38(49)44-19-17-43(18-20-44)30-8-6-7-26(4)21-30/h6-12,21-23,25,28,46-47H,5,13-20,24H2,1-4H3,(H,39,48). The van der Waals surface area contributed by atoms with Crippen molar-refractivity contribution in [2.75, 3.05) is 50.7 Å². The van der Waals surface area contributed by atoms with Crippen LogP contribution in [0.5, 0.6) is 11.5 Å². The number of hydrogen-bond donors (Lipinski definition) is 3. The largest absolute Gasteiger partial charge is 0.508 e. The molecule has 0 bridgehead atoms. The van der Waals surface area contributed by atoms with Gasteiger partial charge in [0.1, 0.15) is 11.5 Å². The van der Waals surface area contributed by atoms with Crippen molar-refractivity contribution in [1.82, 2.24) is 29.9 Å². The maximum Gasteiger partial charge on any atom is 0.289 e. The number of benzene rings is 3. The van der Waals surface area contributed by atoms with Gasteiger partial charge in [0, 0.05) is 62.6 Å². The molecule has 2 aliphatic rings. The van der Waals surface area contributed by atoms with Gasteiger partial charge >= 0.3 is 0 Å². The number of rotatable bonds is 9. The lowest BCUT2D eigenvalue weighted by atomic mass is 9.94. The first-order valence-corrected chi connectivity index (χ1v) is 17.3. The van der Waals surface area contributed by atoms with Gasteiger partial charge in [-0.3, -0.25) is 19.1 Å². The second kappa shape index (κ2) is 14.7. The smallest absolute Gasteiger partial charge is 0.289 e. The van der Waals surface area contributed by atoms with Crippen molar-refractivity contribution in [3.05, 3.63) is 83.2 Å². The lowest BCUT2D eigenvalue weighted by Gasteiger charge is -2.39. The number of amides is 2. The average Bonchev–Trinajstić information content (AvgIpc) is 3.54. The van der Waals surface area contributed by atoms with Crippen molar-refractivity contribution < 1.29 is 19.8 Å². The summed E-state index contributed by atoms with van der Waals surface area (Å²) in [7, 11) is 0. The second-order valence-electron chi connectivity index (χ2n) is 13.5. The predicted molar refractivity (Wildman–Crippen MR) is 190 cm³/mol. The van der Waals surface area contributed by atoms with Crippen molar-refractivity contribution >= 4 is 17.5 Å². The van der Waals surface area contributed by atoms with Crippen molar-refractivity contribution in [2.24, 2.45) is 5.92 Å². The molecule has 2 fully saturated rings. The fourth-order valence-corrected chi connectivity index (χ4v) is 6.94. The number of nitrogens with one attached hydrogen (secondary N) is 1. The Morgan fingerprint density at radius 2 is 1.59 bits per heavy atom. The number of hydrogen-bond acceptors (Lipinski definition) is 8. The summed E-state index contributed by atoms with van der Waals surface area (Å²) in [6.45, 7) is 14.0. The fraction of sp³-hybridized carbons (Fsp3) is 0.421. The zero-order valence-corrected chi connectivity index (χ0v) is 28.9. The highest BCUT2D eigenvalue weighted by atomic mass is 16.3. The molecule has 3 N–H and O–H groups in total. The fourth-order valence-electron chi connectivity index (χ4n) is 6.94. The number of aromatic hydroxyl groups is 2. The first-order chi connectivity index (χ1) is 23.6. The molecule has 11 nitrogen and oxygen atoms in total. The number of carbonyl (C=O) groups excluding carboxylic acids is 2. The van der Waals surface area contributed by atoms with Crippen molar-refractivity contribution in [3.63, 3.8) is 0 Å². The Kier molecular flexibility index (Phi) is 10.2. The van der Waals surface area contributed by atoms with Crippen LogP contribution in [0.4, 0.5) is 5.69 Å². The zero-order valence-electron chi connectivity index (χ0n) is 28.9. The molecule has 2 amide bonds. The van der Waals surface area contributed by atoms with Gasteiger partial charge in [-0.2, -0.15) is 0 Å². The molecule has 0 aliphatic carbocycles. The molecule has 258 valence electrons. The van der Waals surface area contributed by atoms with E-state index in [1.807, 2.05) is 45.0 Å². The van der Waals surface area contributed by atoms with Crippen molar-refractivity contribution in [1.29, 1.82) is 0 Å². The maximum atomic E-state index is 13.4. The third kappa shape index (κ3) is 7.41. The van der Waals surface area contributed by atoms with Crippen LogP contribution in [0.1, 0.15) is 66.8 Å². The molecule has 0 unspecified atom stereocenters. The van der Waals surface area contributed by atoms with E-state index in [1.54, 1.807) is 10.6 Å². The summed E-state index contributed by atoms with van der Waals surface area (Å²) in [5, 5.41) is 32.5. The van der Waals surface area contributed by atoms with Gasteiger partial charge in [0.15, 0.2) is 5.82 Å². The third-order valence-corrected chi connectivity index (χ3v) is 9.71. The quantitative estimate of drug-likeness (QED) is 0.226. The molecular formula is C38H47N7O4. The summed E-state index contributed by atoms with van der Waals surface area (Å²) in [6, 6.07) is 19.5. The van der Waals surface area contributed by atoms with Gasteiger partial charge in [-0.05, 0) is 92.7 Å². The Bertz CT molecular complexity index is 1790. The summed E-state index contributed by atoms with van der Waals surface area (Å²) < 4.78 is 1.64. The number of phenolic OH excluding ortho intramolecular Hbond substituents is 2. The van der Waals surface area contributed by atoms with Gasteiger partial charge in [0.25, 0.3) is 5.91 Å². The minimum Gasteiger partial charge on any atom is -0.508 e. The molecule has 3 heterocycles. The SMILES string of the molecule is CCNC(=O)c1nnc(-c2cc(C(C)C)c(O)cc2O)n1-c1ccc(CN2CCC(C(=O)N3CCN(c4cccc(C)c4)CC3)CC2)cc1. The van der Waals surface area contributed by atoms with E-state index in [0.29, 0.717) is 35.1 Å². The van der Waals surface area contributed by atoms with E-state index in [0.717, 1.165) is 64.2 Å². The van der Waals surface area contributed by atoms with Crippen LogP contribution in [-0.2, 0) is 11.3 Å². The van der Waals surface area contributed by atoms with Crippen LogP contribution in [-0.4, -0.2) is 92.4 Å². The number of anilines is 1. The number of carbonyl (C=O) groups is 2. The van der Waals surface area contributed by atoms with Crippen LogP contribution in [0.15, 0.2) is 60.7 Å². The summed E-state index contributed by atoms with van der Waals surface area (Å²) in [5.74, 6) is 0.238. The van der Waals surface area contributed by atoms with Gasteiger partial charge < -0.3 is 25.3 Å². The van der Waals surface area contributed by atoms with Gasteiger partial charge in [-0.25, -0.2) is 0 Å². The summed E-state index contributed by atoms with van der Waals surface area (Å²) in [6.07, 6.45) is 1.70. The van der Waals surface area contributed by atoms with Gasteiger partial charge in [-0.15, -0.1) is 10.2 Å². The number of piperazine rings is 1. The molecule has 2 saturated heterocycles. The molecule has 49 heavy (non-hydrogen) atoms. The van der Waals surface area contributed by atoms with Gasteiger partial charge in [0.05, 0.1) is 5.56 Å². The Morgan fingerprint density at radius 1 is 0.878 bits per heavy atom. The normalized spacial score (nSPS) is 15.9. The van der Waals surface area contributed by atoms with Crippen LogP contribution < -0.4 is 10.2 Å². The molecule has 2 aliphatic heterocycles. The zero-order chi connectivity index (χ0) is 34.7. The van der Waals surface area contributed by atoms with Crippen LogP contribution >= 0.6 is 0 Å². The minimum atomic E-state index is -0.377. The van der Waals surface area contributed by atoms with Gasteiger partial charge in [-0.1, -0.05) is 38.1 Å². The lowest BCUT2D eigenvalue weighted by Crippen LogP contribution is -2.51. The number of aryl methyl sites for hydroxylation is 1. The second-order valence-corrected chi connectivity index (χ2v) is 13.5. The van der Waals surface area contributed by atoms with Crippen molar-refractivity contribution in [2.45, 2.75) is 53.0 Å². The van der Waals surface area contributed by atoms with Crippen molar-refractivity contribution in [3.8, 4) is 28.6 Å². The number of piperidine rings is 1. The Labute approximate surface area is 288 Å². The van der Waals surface area contributed by atoms with E-state index in [-0.39, 0.29) is 35.1 Å². The monoisotopic (exact) mass is 665 g/mol. The van der Waals surface area contributed by atoms with E-state index in [9.17, 15) is 19.8 Å². The number of aromatic nitrogens is 3. The topological polar surface area (TPSA) is 127 Å². The first kappa shape index (κ1) is 34.0. The van der Waals surface area contributed by atoms with E-state index in [4.69, 9.17) is 0 Å². The highest BCUT2D eigenvalue weighted by molar-refractivity contribution is 5.92. The van der Waals surface area contributed by atoms with Crippen LogP contribution in [0.25, 0.3) is 17.1 Å². The Morgan fingerprint density at radius 3 is 2.24 bits per heavy atom. The van der Waals surface area contributed by atoms with Crippen LogP contribution in [0.3, 0.4) is 0 Å².